The number of phenolic OH excluding ortho intramolecular Hbond substituents is 1. The van der Waals surface area contributed by atoms with E-state index in [9.17, 15) is 5.11 Å². The highest BCUT2D eigenvalue weighted by Crippen LogP contribution is 2.40. The molecule has 1 nitrogen and oxygen atoms in total. The van der Waals surface area contributed by atoms with Crippen LogP contribution in [0.2, 0.25) is 0 Å². The number of rotatable bonds is 3. The van der Waals surface area contributed by atoms with Crippen LogP contribution in [-0.4, -0.2) is 5.11 Å². The van der Waals surface area contributed by atoms with Crippen molar-refractivity contribution in [1.29, 1.82) is 0 Å². The summed E-state index contributed by atoms with van der Waals surface area (Å²) < 4.78 is 0.961. The Labute approximate surface area is 119 Å². The number of hydrogen-bond acceptors (Lipinski definition) is 1. The molecule has 0 saturated heterocycles. The van der Waals surface area contributed by atoms with E-state index in [4.69, 9.17) is 0 Å². The Morgan fingerprint density at radius 2 is 1.88 bits per heavy atom. The van der Waals surface area contributed by atoms with Crippen molar-refractivity contribution in [3.8, 4) is 5.75 Å². The predicted octanol–water partition coefficient (Wildman–Crippen LogP) is 5.24. The van der Waals surface area contributed by atoms with Crippen LogP contribution in [0, 0.1) is 15.9 Å². The molecule has 1 unspecified atom stereocenters. The van der Waals surface area contributed by atoms with Gasteiger partial charge in [-0.3, -0.25) is 0 Å². The van der Waals surface area contributed by atoms with Crippen molar-refractivity contribution in [2.75, 3.05) is 0 Å². The third-order valence-electron chi connectivity index (χ3n) is 3.30. The maximum absolute atomic E-state index is 9.84. The molecular weight excluding hydrogens is 323 g/mol. The second kappa shape index (κ2) is 5.59. The van der Waals surface area contributed by atoms with E-state index in [1.165, 1.54) is 18.4 Å². The fourth-order valence-electron chi connectivity index (χ4n) is 2.35. The van der Waals surface area contributed by atoms with E-state index in [0.29, 0.717) is 11.7 Å². The first-order valence-electron chi connectivity index (χ1n) is 6.26. The quantitative estimate of drug-likeness (QED) is 0.743. The van der Waals surface area contributed by atoms with Crippen molar-refractivity contribution in [2.24, 2.45) is 5.41 Å². The lowest BCUT2D eigenvalue weighted by Gasteiger charge is -2.31. The largest absolute Gasteiger partial charge is 0.507 e. The summed E-state index contributed by atoms with van der Waals surface area (Å²) in [6.07, 6.45) is 2.39. The van der Waals surface area contributed by atoms with E-state index < -0.39 is 0 Å². The van der Waals surface area contributed by atoms with Gasteiger partial charge in [0.2, 0.25) is 0 Å². The number of hydrogen-bond donors (Lipinski definition) is 1. The highest BCUT2D eigenvalue weighted by Gasteiger charge is 2.26. The molecule has 2 heteroatoms. The number of phenols is 1. The minimum atomic E-state index is 0.266. The molecule has 0 heterocycles. The van der Waals surface area contributed by atoms with Crippen molar-refractivity contribution in [3.05, 3.63) is 26.8 Å². The van der Waals surface area contributed by atoms with Crippen LogP contribution in [0.5, 0.6) is 5.75 Å². The van der Waals surface area contributed by atoms with Gasteiger partial charge in [-0.25, -0.2) is 0 Å². The molecule has 1 aromatic rings. The maximum atomic E-state index is 9.84. The second-order valence-electron chi connectivity index (χ2n) is 5.88. The smallest absolute Gasteiger partial charge is 0.131 e. The fraction of sp³-hybridized carbons (Fsp3) is 0.600. The van der Waals surface area contributed by atoms with E-state index in [1.54, 1.807) is 0 Å². The molecule has 96 valence electrons. The molecule has 1 aromatic carbocycles. The first-order valence-corrected chi connectivity index (χ1v) is 7.34. The van der Waals surface area contributed by atoms with Gasteiger partial charge in [-0.2, -0.15) is 0 Å². The minimum absolute atomic E-state index is 0.266. The fourth-order valence-corrected chi connectivity index (χ4v) is 3.14. The van der Waals surface area contributed by atoms with Gasteiger partial charge in [0.15, 0.2) is 0 Å². The third-order valence-corrected chi connectivity index (χ3v) is 4.12. The molecule has 1 N–H and O–H groups in total. The van der Waals surface area contributed by atoms with Gasteiger partial charge >= 0.3 is 0 Å². The van der Waals surface area contributed by atoms with Gasteiger partial charge in [0, 0.05) is 0 Å². The third kappa shape index (κ3) is 3.60. The van der Waals surface area contributed by atoms with Crippen LogP contribution in [0.3, 0.4) is 0 Å². The maximum Gasteiger partial charge on any atom is 0.131 e. The van der Waals surface area contributed by atoms with E-state index in [0.717, 1.165) is 9.13 Å². The zero-order valence-corrected chi connectivity index (χ0v) is 13.6. The highest BCUT2D eigenvalue weighted by atomic mass is 127. The first kappa shape index (κ1) is 14.8. The Morgan fingerprint density at radius 1 is 1.29 bits per heavy atom. The Kier molecular flexibility index (Phi) is 4.87. The summed E-state index contributed by atoms with van der Waals surface area (Å²) >= 11 is 2.22. The topological polar surface area (TPSA) is 20.2 Å². The van der Waals surface area contributed by atoms with Crippen LogP contribution in [0.15, 0.2) is 12.1 Å². The van der Waals surface area contributed by atoms with Crippen molar-refractivity contribution in [2.45, 2.75) is 53.4 Å². The van der Waals surface area contributed by atoms with E-state index >= 15 is 0 Å². The van der Waals surface area contributed by atoms with Gasteiger partial charge in [-0.05, 0) is 64.5 Å². The van der Waals surface area contributed by atoms with Crippen molar-refractivity contribution in [1.82, 2.24) is 0 Å². The normalized spacial score (nSPS) is 13.8. The summed E-state index contributed by atoms with van der Waals surface area (Å²) in [6.45, 7) is 11.1. The van der Waals surface area contributed by atoms with Gasteiger partial charge in [-0.15, -0.1) is 0 Å². The molecular formula is C15H23IO. The molecule has 1 atom stereocenters. The summed E-state index contributed by atoms with van der Waals surface area (Å²) in [5.74, 6) is 0.985. The molecule has 0 saturated carbocycles. The molecule has 17 heavy (non-hydrogen) atoms. The van der Waals surface area contributed by atoms with E-state index in [1.807, 2.05) is 6.92 Å². The molecule has 0 aliphatic rings. The monoisotopic (exact) mass is 346 g/mol. The molecule has 0 amide bonds. The molecule has 0 aliphatic carbocycles. The minimum Gasteiger partial charge on any atom is -0.507 e. The zero-order chi connectivity index (χ0) is 13.2. The lowest BCUT2D eigenvalue weighted by atomic mass is 9.74. The molecule has 0 fully saturated rings. The predicted molar refractivity (Wildman–Crippen MR) is 82.7 cm³/mol. The van der Waals surface area contributed by atoms with E-state index in [2.05, 4.69) is 62.4 Å². The number of aromatic hydroxyl groups is 1. The van der Waals surface area contributed by atoms with Crippen LogP contribution >= 0.6 is 22.6 Å². The number of aryl methyl sites for hydroxylation is 1. The average Bonchev–Trinajstić information content (AvgIpc) is 2.20. The SMILES string of the molecule is CCCC(c1cc(C)c(O)c(I)c1)C(C)(C)C. The molecule has 0 aliphatic heterocycles. The van der Waals surface area contributed by atoms with Crippen LogP contribution in [0.1, 0.15) is 57.6 Å². The summed E-state index contributed by atoms with van der Waals surface area (Å²) in [5.41, 5.74) is 2.61. The Hall–Kier alpha value is -0.250. The van der Waals surface area contributed by atoms with Crippen molar-refractivity contribution in [3.63, 3.8) is 0 Å². The summed E-state index contributed by atoms with van der Waals surface area (Å²) in [7, 11) is 0. The average molecular weight is 346 g/mol. The second-order valence-corrected chi connectivity index (χ2v) is 7.04. The number of benzene rings is 1. The van der Waals surface area contributed by atoms with Crippen molar-refractivity contribution >= 4 is 22.6 Å². The van der Waals surface area contributed by atoms with Crippen molar-refractivity contribution < 1.29 is 5.11 Å². The summed E-state index contributed by atoms with van der Waals surface area (Å²) in [4.78, 5) is 0. The van der Waals surface area contributed by atoms with Gasteiger partial charge < -0.3 is 5.11 Å². The Morgan fingerprint density at radius 3 is 2.29 bits per heavy atom. The lowest BCUT2D eigenvalue weighted by molar-refractivity contribution is 0.302. The molecule has 0 radical (unpaired) electrons. The Bertz CT molecular complexity index is 367. The van der Waals surface area contributed by atoms with Crippen LogP contribution in [0.4, 0.5) is 0 Å². The lowest BCUT2D eigenvalue weighted by Crippen LogP contribution is -2.18. The number of halogens is 1. The first-order chi connectivity index (χ1) is 7.77. The van der Waals surface area contributed by atoms with Crippen LogP contribution in [-0.2, 0) is 0 Å². The summed E-state index contributed by atoms with van der Waals surface area (Å²) in [5, 5.41) is 9.84. The highest BCUT2D eigenvalue weighted by molar-refractivity contribution is 14.1. The molecule has 0 bridgehead atoms. The standard InChI is InChI=1S/C15H23IO/c1-6-7-12(15(3,4)5)11-8-10(2)14(17)13(16)9-11/h8-9,12,17H,6-7H2,1-5H3. The zero-order valence-electron chi connectivity index (χ0n) is 11.5. The van der Waals surface area contributed by atoms with Gasteiger partial charge in [0.05, 0.1) is 3.57 Å². The summed E-state index contributed by atoms with van der Waals surface area (Å²) in [6, 6.07) is 4.28. The van der Waals surface area contributed by atoms with Gasteiger partial charge in [0.25, 0.3) is 0 Å². The van der Waals surface area contributed by atoms with Gasteiger partial charge in [0.1, 0.15) is 5.75 Å². The van der Waals surface area contributed by atoms with Crippen LogP contribution < -0.4 is 0 Å². The van der Waals surface area contributed by atoms with E-state index in [-0.39, 0.29) is 5.41 Å². The molecule has 1 rings (SSSR count). The Balaban J connectivity index is 3.20. The van der Waals surface area contributed by atoms with Gasteiger partial charge in [-0.1, -0.05) is 40.2 Å². The van der Waals surface area contributed by atoms with Crippen LogP contribution in [0.25, 0.3) is 0 Å². The molecule has 0 spiro atoms. The molecule has 0 aromatic heterocycles.